The molecule has 1 amide bonds. The Balaban J connectivity index is 1.42. The van der Waals surface area contributed by atoms with Gasteiger partial charge in [0.05, 0.1) is 11.3 Å². The highest BCUT2D eigenvalue weighted by molar-refractivity contribution is 6.09. The zero-order valence-electron chi connectivity index (χ0n) is 19.0. The summed E-state index contributed by atoms with van der Waals surface area (Å²) >= 11 is 0. The lowest BCUT2D eigenvalue weighted by Gasteiger charge is -2.58. The first-order valence-electron chi connectivity index (χ1n) is 11.7. The Morgan fingerprint density at radius 2 is 1.84 bits per heavy atom. The molecule has 2 unspecified atom stereocenters. The first-order valence-corrected chi connectivity index (χ1v) is 11.7. The number of hydrogen-bond donors (Lipinski definition) is 2. The molecule has 1 aromatic heterocycles. The molecular formula is C26H31FN2O3. The van der Waals surface area contributed by atoms with Crippen LogP contribution in [0.15, 0.2) is 24.3 Å². The monoisotopic (exact) mass is 438 g/mol. The molecule has 2 N–H and O–H groups in total. The third kappa shape index (κ3) is 3.49. The van der Waals surface area contributed by atoms with E-state index in [4.69, 9.17) is 0 Å². The molecule has 5 nitrogen and oxygen atoms in total. The highest BCUT2D eigenvalue weighted by Crippen LogP contribution is 2.55. The van der Waals surface area contributed by atoms with Gasteiger partial charge in [-0.3, -0.25) is 9.59 Å². The summed E-state index contributed by atoms with van der Waals surface area (Å²) in [5.41, 5.74) is 2.11. The van der Waals surface area contributed by atoms with E-state index in [9.17, 15) is 19.1 Å². The molecule has 0 aliphatic heterocycles. The van der Waals surface area contributed by atoms with Crippen molar-refractivity contribution in [1.82, 2.24) is 9.88 Å². The predicted octanol–water partition coefficient (Wildman–Crippen LogP) is 3.94. The Bertz CT molecular complexity index is 1070. The molecule has 2 aromatic rings. The molecule has 6 rings (SSSR count). The van der Waals surface area contributed by atoms with Crippen LogP contribution in [0.5, 0.6) is 0 Å². The van der Waals surface area contributed by atoms with Crippen LogP contribution in [-0.4, -0.2) is 33.0 Å². The number of aryl methyl sites for hydroxylation is 2. The second-order valence-corrected chi connectivity index (χ2v) is 10.4. The highest BCUT2D eigenvalue weighted by atomic mass is 19.1. The van der Waals surface area contributed by atoms with Gasteiger partial charge in [0.25, 0.3) is 5.91 Å². The number of halogens is 1. The fourth-order valence-electron chi connectivity index (χ4n) is 6.90. The molecule has 0 spiro atoms. The summed E-state index contributed by atoms with van der Waals surface area (Å²) in [5, 5.41) is 14.1. The summed E-state index contributed by atoms with van der Waals surface area (Å²) in [6, 6.07) is 6.14. The van der Waals surface area contributed by atoms with E-state index in [-0.39, 0.29) is 23.3 Å². The molecule has 4 bridgehead atoms. The van der Waals surface area contributed by atoms with E-state index >= 15 is 0 Å². The molecule has 1 aromatic carbocycles. The summed E-state index contributed by atoms with van der Waals surface area (Å²) in [4.78, 5) is 26.6. The molecule has 0 radical (unpaired) electrons. The number of nitrogens with one attached hydrogen (secondary N) is 1. The number of rotatable bonds is 5. The van der Waals surface area contributed by atoms with Gasteiger partial charge in [-0.2, -0.15) is 0 Å². The third-order valence-electron chi connectivity index (χ3n) is 7.98. The van der Waals surface area contributed by atoms with Gasteiger partial charge in [0.1, 0.15) is 11.5 Å². The Labute approximate surface area is 188 Å². The minimum atomic E-state index is -0.542. The maximum atomic E-state index is 13.9. The quantitative estimate of drug-likeness (QED) is 0.695. The Hall–Kier alpha value is -2.47. The number of benzene rings is 1. The van der Waals surface area contributed by atoms with Crippen LogP contribution < -0.4 is 5.32 Å². The number of hydrogen-bond acceptors (Lipinski definition) is 3. The van der Waals surface area contributed by atoms with E-state index in [2.05, 4.69) is 5.32 Å². The van der Waals surface area contributed by atoms with Gasteiger partial charge in [0, 0.05) is 18.7 Å². The molecule has 2 atom stereocenters. The van der Waals surface area contributed by atoms with E-state index in [0.717, 1.165) is 37.7 Å². The van der Waals surface area contributed by atoms with Crippen LogP contribution in [0.2, 0.25) is 0 Å². The van der Waals surface area contributed by atoms with Crippen molar-refractivity contribution >= 4 is 11.7 Å². The number of aliphatic hydroxyl groups is 1. The molecule has 4 aliphatic carbocycles. The van der Waals surface area contributed by atoms with Gasteiger partial charge >= 0.3 is 0 Å². The van der Waals surface area contributed by atoms with Gasteiger partial charge in [-0.15, -0.1) is 0 Å². The molecule has 4 fully saturated rings. The minimum Gasteiger partial charge on any atom is -0.390 e. The molecule has 4 aliphatic rings. The molecule has 6 heteroatoms. The van der Waals surface area contributed by atoms with Gasteiger partial charge in [0.15, 0.2) is 0 Å². The van der Waals surface area contributed by atoms with E-state index in [1.54, 1.807) is 30.7 Å². The number of aromatic nitrogens is 1. The number of amides is 1. The second-order valence-electron chi connectivity index (χ2n) is 10.4. The summed E-state index contributed by atoms with van der Waals surface area (Å²) in [7, 11) is 1.73. The molecular weight excluding hydrogens is 407 g/mol. The lowest BCUT2D eigenvalue weighted by Crippen LogP contribution is -2.61. The van der Waals surface area contributed by atoms with Crippen molar-refractivity contribution in [2.45, 2.75) is 64.0 Å². The summed E-state index contributed by atoms with van der Waals surface area (Å²) in [6.07, 6.45) is 5.19. The van der Waals surface area contributed by atoms with Gasteiger partial charge in [-0.25, -0.2) is 4.39 Å². The fourth-order valence-corrected chi connectivity index (χ4v) is 6.90. The second kappa shape index (κ2) is 7.55. The number of nitrogens with zero attached hydrogens (tertiary/aromatic N) is 1. The van der Waals surface area contributed by atoms with E-state index in [0.29, 0.717) is 41.1 Å². The van der Waals surface area contributed by atoms with Crippen LogP contribution in [-0.2, 0) is 13.5 Å². The van der Waals surface area contributed by atoms with Crippen molar-refractivity contribution in [2.24, 2.45) is 24.8 Å². The van der Waals surface area contributed by atoms with Gasteiger partial charge in [-0.1, -0.05) is 6.92 Å². The van der Waals surface area contributed by atoms with E-state index in [1.165, 1.54) is 12.1 Å². The number of carbonyl (C=O) groups is 2. The Kier molecular flexibility index (Phi) is 5.04. The van der Waals surface area contributed by atoms with E-state index in [1.807, 2.05) is 6.92 Å². The maximum absolute atomic E-state index is 13.9. The lowest BCUT2D eigenvalue weighted by atomic mass is 9.52. The summed E-state index contributed by atoms with van der Waals surface area (Å²) < 4.78 is 15.5. The topological polar surface area (TPSA) is 71.3 Å². The van der Waals surface area contributed by atoms with Crippen LogP contribution in [0.4, 0.5) is 4.39 Å². The van der Waals surface area contributed by atoms with Crippen LogP contribution in [0.25, 0.3) is 0 Å². The van der Waals surface area contributed by atoms with Crippen LogP contribution >= 0.6 is 0 Å². The van der Waals surface area contributed by atoms with Gasteiger partial charge < -0.3 is 15.0 Å². The normalized spacial score (nSPS) is 30.5. The maximum Gasteiger partial charge on any atom is 0.268 e. The predicted molar refractivity (Wildman–Crippen MR) is 119 cm³/mol. The molecule has 0 saturated heterocycles. The van der Waals surface area contributed by atoms with Crippen LogP contribution in [0, 0.1) is 30.5 Å². The highest BCUT2D eigenvalue weighted by Gasteiger charge is 2.55. The van der Waals surface area contributed by atoms with Gasteiger partial charge in [-0.05, 0) is 98.6 Å². The molecule has 4 saturated carbocycles. The van der Waals surface area contributed by atoms with Crippen molar-refractivity contribution < 1.29 is 19.1 Å². The lowest BCUT2D eigenvalue weighted by molar-refractivity contribution is -0.137. The Morgan fingerprint density at radius 3 is 2.44 bits per heavy atom. The molecule has 1 heterocycles. The zero-order valence-corrected chi connectivity index (χ0v) is 19.0. The first kappa shape index (κ1) is 21.4. The number of carbonyl (C=O) groups excluding carboxylic acids is 2. The minimum absolute atomic E-state index is 0.0731. The molecule has 32 heavy (non-hydrogen) atoms. The van der Waals surface area contributed by atoms with Crippen molar-refractivity contribution in [3.05, 3.63) is 58.2 Å². The zero-order chi connectivity index (χ0) is 22.8. The largest absolute Gasteiger partial charge is 0.390 e. The van der Waals surface area contributed by atoms with Crippen LogP contribution in [0.1, 0.15) is 76.7 Å². The smallest absolute Gasteiger partial charge is 0.268 e. The summed E-state index contributed by atoms with van der Waals surface area (Å²) in [6.45, 7) is 3.72. The Morgan fingerprint density at radius 1 is 1.16 bits per heavy atom. The van der Waals surface area contributed by atoms with Crippen molar-refractivity contribution in [3.8, 4) is 0 Å². The van der Waals surface area contributed by atoms with E-state index < -0.39 is 11.4 Å². The van der Waals surface area contributed by atoms with Crippen molar-refractivity contribution in [2.75, 3.05) is 0 Å². The third-order valence-corrected chi connectivity index (χ3v) is 7.98. The summed E-state index contributed by atoms with van der Waals surface area (Å²) in [5.74, 6) is 0.309. The standard InChI is InChI=1S/C26H31FN2O3/c1-4-16-10-21(24(30)17-5-14(2)6-20(27)9-17)29(3)23(16)25(31)28-22-18-7-15-8-19(22)13-26(32,11-15)12-18/h5-6,9-10,15,18-19,22,32H,4,7-8,11-13H2,1-3H3,(H,28,31). The number of ketones is 1. The first-order chi connectivity index (χ1) is 15.2. The van der Waals surface area contributed by atoms with Crippen molar-refractivity contribution in [1.29, 1.82) is 0 Å². The average Bonchev–Trinajstić information content (AvgIpc) is 3.04. The average molecular weight is 439 g/mol. The van der Waals surface area contributed by atoms with Crippen LogP contribution in [0.3, 0.4) is 0 Å². The van der Waals surface area contributed by atoms with Gasteiger partial charge in [0.2, 0.25) is 5.78 Å². The molecule has 170 valence electrons. The van der Waals surface area contributed by atoms with Crippen molar-refractivity contribution in [3.63, 3.8) is 0 Å². The SMILES string of the molecule is CCc1cc(C(=O)c2cc(C)cc(F)c2)n(C)c1C(=O)NC1C2CC3CC1CC(O)(C3)C2. The fraction of sp³-hybridized carbons (Fsp3) is 0.538.